The average molecular weight is 284 g/mol. The first-order valence-corrected chi connectivity index (χ1v) is 6.89. The number of nitrogens with two attached hydrogens (primary N) is 1. The van der Waals surface area contributed by atoms with E-state index in [-0.39, 0.29) is 16.7 Å². The lowest BCUT2D eigenvalue weighted by Gasteiger charge is -2.17. The van der Waals surface area contributed by atoms with E-state index in [1.165, 1.54) is 5.56 Å². The summed E-state index contributed by atoms with van der Waals surface area (Å²) in [6, 6.07) is 9.25. The van der Waals surface area contributed by atoms with Crippen LogP contribution in [-0.4, -0.2) is 4.92 Å². The van der Waals surface area contributed by atoms with Gasteiger partial charge in [0.1, 0.15) is 0 Å². The minimum absolute atomic E-state index is 0.130. The van der Waals surface area contributed by atoms with E-state index < -0.39 is 0 Å². The standard InChI is InChI=1S/C17H20N2O2/c1-10-5-6-15(12(3)7-10)17(18)14-8-11(2)13(4)16(9-14)19(20)21/h5-9,17H,18H2,1-4H3. The van der Waals surface area contributed by atoms with Crippen LogP contribution in [0.15, 0.2) is 30.3 Å². The molecule has 21 heavy (non-hydrogen) atoms. The molecule has 1 unspecified atom stereocenters. The van der Waals surface area contributed by atoms with Gasteiger partial charge >= 0.3 is 0 Å². The summed E-state index contributed by atoms with van der Waals surface area (Å²) in [5, 5.41) is 11.2. The van der Waals surface area contributed by atoms with Crippen LogP contribution in [0.2, 0.25) is 0 Å². The molecule has 0 aliphatic carbocycles. The molecule has 1 atom stereocenters. The van der Waals surface area contributed by atoms with Crippen LogP contribution >= 0.6 is 0 Å². The Bertz CT molecular complexity index is 708. The predicted molar refractivity (Wildman–Crippen MR) is 84.5 cm³/mol. The molecule has 0 aliphatic rings. The summed E-state index contributed by atoms with van der Waals surface area (Å²) in [5.41, 5.74) is 12.1. The van der Waals surface area contributed by atoms with Crippen molar-refractivity contribution in [2.45, 2.75) is 33.7 Å². The molecular weight excluding hydrogens is 264 g/mol. The molecule has 0 aromatic heterocycles. The maximum atomic E-state index is 11.2. The summed E-state index contributed by atoms with van der Waals surface area (Å²) in [4.78, 5) is 10.8. The van der Waals surface area contributed by atoms with E-state index in [1.54, 1.807) is 13.0 Å². The molecule has 2 aromatic rings. The fourth-order valence-electron chi connectivity index (χ4n) is 2.59. The highest BCUT2D eigenvalue weighted by Gasteiger charge is 2.19. The van der Waals surface area contributed by atoms with E-state index in [9.17, 15) is 10.1 Å². The van der Waals surface area contributed by atoms with Gasteiger partial charge in [-0.3, -0.25) is 10.1 Å². The summed E-state index contributed by atoms with van der Waals surface area (Å²) in [7, 11) is 0. The molecule has 0 fully saturated rings. The molecule has 0 amide bonds. The second kappa shape index (κ2) is 5.66. The summed E-state index contributed by atoms with van der Waals surface area (Å²) in [6.45, 7) is 7.68. The van der Waals surface area contributed by atoms with Crippen LogP contribution in [0.4, 0.5) is 5.69 Å². The molecule has 0 spiro atoms. The van der Waals surface area contributed by atoms with E-state index in [2.05, 4.69) is 6.07 Å². The van der Waals surface area contributed by atoms with Gasteiger partial charge in [0, 0.05) is 11.6 Å². The molecule has 4 nitrogen and oxygen atoms in total. The smallest absolute Gasteiger partial charge is 0.272 e. The second-order valence-electron chi connectivity index (χ2n) is 5.58. The van der Waals surface area contributed by atoms with Crippen molar-refractivity contribution in [1.29, 1.82) is 0 Å². The van der Waals surface area contributed by atoms with Crippen molar-refractivity contribution in [3.05, 3.63) is 73.8 Å². The Hall–Kier alpha value is -2.20. The SMILES string of the molecule is Cc1ccc(C(N)c2cc(C)c(C)c([N+](=O)[O-])c2)c(C)c1. The van der Waals surface area contributed by atoms with Crippen molar-refractivity contribution in [2.75, 3.05) is 0 Å². The van der Waals surface area contributed by atoms with E-state index in [4.69, 9.17) is 5.73 Å². The minimum atomic E-state index is -0.358. The van der Waals surface area contributed by atoms with Crippen LogP contribution in [0, 0.1) is 37.8 Å². The van der Waals surface area contributed by atoms with E-state index in [1.807, 2.05) is 39.0 Å². The Morgan fingerprint density at radius 3 is 2.29 bits per heavy atom. The molecule has 0 saturated heterocycles. The number of hydrogen-bond donors (Lipinski definition) is 1. The van der Waals surface area contributed by atoms with Crippen LogP contribution in [-0.2, 0) is 0 Å². The van der Waals surface area contributed by atoms with E-state index in [0.29, 0.717) is 5.56 Å². The molecule has 0 aliphatic heterocycles. The van der Waals surface area contributed by atoms with Gasteiger partial charge in [-0.25, -0.2) is 0 Å². The molecule has 2 rings (SSSR count). The number of benzene rings is 2. The van der Waals surface area contributed by atoms with Gasteiger partial charge in [-0.05, 0) is 49.9 Å². The Balaban J connectivity index is 2.53. The average Bonchev–Trinajstić information content (AvgIpc) is 2.40. The van der Waals surface area contributed by atoms with Crippen LogP contribution in [0.5, 0.6) is 0 Å². The van der Waals surface area contributed by atoms with E-state index in [0.717, 1.165) is 22.3 Å². The van der Waals surface area contributed by atoms with Crippen LogP contribution in [0.1, 0.15) is 39.4 Å². The first-order valence-electron chi connectivity index (χ1n) is 6.89. The first-order chi connectivity index (χ1) is 9.81. The van der Waals surface area contributed by atoms with Crippen molar-refractivity contribution in [1.82, 2.24) is 0 Å². The van der Waals surface area contributed by atoms with Crippen LogP contribution in [0.25, 0.3) is 0 Å². The minimum Gasteiger partial charge on any atom is -0.320 e. The van der Waals surface area contributed by atoms with Gasteiger partial charge in [-0.1, -0.05) is 29.8 Å². The monoisotopic (exact) mass is 284 g/mol. The first kappa shape index (κ1) is 15.2. The lowest BCUT2D eigenvalue weighted by atomic mass is 9.92. The van der Waals surface area contributed by atoms with E-state index >= 15 is 0 Å². The third-order valence-corrected chi connectivity index (χ3v) is 3.98. The lowest BCUT2D eigenvalue weighted by Crippen LogP contribution is -2.14. The lowest BCUT2D eigenvalue weighted by molar-refractivity contribution is -0.385. The molecule has 2 N–H and O–H groups in total. The third kappa shape index (κ3) is 2.95. The van der Waals surface area contributed by atoms with Crippen molar-refractivity contribution >= 4 is 5.69 Å². The molecule has 0 heterocycles. The summed E-state index contributed by atoms with van der Waals surface area (Å²) in [6.07, 6.45) is 0. The summed E-state index contributed by atoms with van der Waals surface area (Å²) in [5.74, 6) is 0. The highest BCUT2D eigenvalue weighted by atomic mass is 16.6. The Kier molecular flexibility index (Phi) is 4.09. The van der Waals surface area contributed by atoms with Gasteiger partial charge in [0.05, 0.1) is 11.0 Å². The van der Waals surface area contributed by atoms with Gasteiger partial charge in [0.15, 0.2) is 0 Å². The maximum Gasteiger partial charge on any atom is 0.272 e. The topological polar surface area (TPSA) is 69.2 Å². The highest BCUT2D eigenvalue weighted by Crippen LogP contribution is 2.30. The van der Waals surface area contributed by atoms with Gasteiger partial charge in [0.2, 0.25) is 0 Å². The fraction of sp³-hybridized carbons (Fsp3) is 0.294. The molecule has 0 bridgehead atoms. The predicted octanol–water partition coefficient (Wildman–Crippen LogP) is 3.88. The molecule has 4 heteroatoms. The highest BCUT2D eigenvalue weighted by molar-refractivity contribution is 5.50. The number of nitro benzene ring substituents is 1. The molecule has 2 aromatic carbocycles. The zero-order chi connectivity index (χ0) is 15.7. The van der Waals surface area contributed by atoms with Gasteiger partial charge < -0.3 is 5.73 Å². The van der Waals surface area contributed by atoms with Crippen LogP contribution < -0.4 is 5.73 Å². The second-order valence-corrected chi connectivity index (χ2v) is 5.58. The van der Waals surface area contributed by atoms with Gasteiger partial charge in [-0.15, -0.1) is 0 Å². The summed E-state index contributed by atoms with van der Waals surface area (Å²) < 4.78 is 0. The van der Waals surface area contributed by atoms with Crippen molar-refractivity contribution < 1.29 is 4.92 Å². The number of aryl methyl sites for hydroxylation is 3. The number of nitro groups is 1. The van der Waals surface area contributed by atoms with Gasteiger partial charge in [0.25, 0.3) is 5.69 Å². The Labute approximate surface area is 124 Å². The normalized spacial score (nSPS) is 12.2. The van der Waals surface area contributed by atoms with Crippen molar-refractivity contribution in [2.24, 2.45) is 5.73 Å². The van der Waals surface area contributed by atoms with Crippen LogP contribution in [0.3, 0.4) is 0 Å². The zero-order valence-corrected chi connectivity index (χ0v) is 12.8. The largest absolute Gasteiger partial charge is 0.320 e. The number of rotatable bonds is 3. The van der Waals surface area contributed by atoms with Gasteiger partial charge in [-0.2, -0.15) is 0 Å². The molecule has 110 valence electrons. The summed E-state index contributed by atoms with van der Waals surface area (Å²) >= 11 is 0. The molecule has 0 radical (unpaired) electrons. The number of nitrogens with zero attached hydrogens (tertiary/aromatic N) is 1. The number of hydrogen-bond acceptors (Lipinski definition) is 3. The quantitative estimate of drug-likeness (QED) is 0.687. The molecular formula is C17H20N2O2. The fourth-order valence-corrected chi connectivity index (χ4v) is 2.59. The third-order valence-electron chi connectivity index (χ3n) is 3.98. The zero-order valence-electron chi connectivity index (χ0n) is 12.8. The maximum absolute atomic E-state index is 11.2. The van der Waals surface area contributed by atoms with Crippen molar-refractivity contribution in [3.8, 4) is 0 Å². The molecule has 0 saturated carbocycles. The van der Waals surface area contributed by atoms with Crippen molar-refractivity contribution in [3.63, 3.8) is 0 Å². The Morgan fingerprint density at radius 1 is 1.05 bits per heavy atom. The Morgan fingerprint density at radius 2 is 1.71 bits per heavy atom.